The van der Waals surface area contributed by atoms with Gasteiger partial charge >= 0.3 is 6.18 Å². The summed E-state index contributed by atoms with van der Waals surface area (Å²) in [4.78, 5) is 12.4. The van der Waals surface area contributed by atoms with E-state index in [-0.39, 0.29) is 28.8 Å². The molecule has 1 aliphatic heterocycles. The molecule has 0 N–H and O–H groups in total. The van der Waals surface area contributed by atoms with E-state index in [2.05, 4.69) is 0 Å². The predicted octanol–water partition coefficient (Wildman–Crippen LogP) is 3.54. The Balaban J connectivity index is 1.97. The van der Waals surface area contributed by atoms with Crippen molar-refractivity contribution in [2.45, 2.75) is 18.6 Å². The normalized spacial score (nSPS) is 18.6. The van der Waals surface area contributed by atoms with Crippen LogP contribution in [0, 0.1) is 0 Å². The van der Waals surface area contributed by atoms with E-state index in [1.807, 2.05) is 0 Å². The number of nitrogens with zero attached hydrogens (tertiary/aromatic N) is 1. The molecule has 1 unspecified atom stereocenters. The Morgan fingerprint density at radius 3 is 2.40 bits per heavy atom. The second kappa shape index (κ2) is 5.69. The quantitative estimate of drug-likeness (QED) is 0.849. The van der Waals surface area contributed by atoms with Gasteiger partial charge in [-0.3, -0.25) is 4.79 Å². The summed E-state index contributed by atoms with van der Waals surface area (Å²) in [6, 6.07) is 2.89. The molecule has 1 aromatic rings. The molecule has 1 heterocycles. The van der Waals surface area contributed by atoms with Gasteiger partial charge in [0.15, 0.2) is 12.4 Å². The summed E-state index contributed by atoms with van der Waals surface area (Å²) in [5.74, 6) is -0.650. The maximum atomic E-state index is 12.5. The summed E-state index contributed by atoms with van der Waals surface area (Å²) in [7, 11) is 0. The van der Waals surface area contributed by atoms with Crippen LogP contribution in [0.25, 0.3) is 0 Å². The summed E-state index contributed by atoms with van der Waals surface area (Å²) < 4.78 is 42.7. The molecule has 20 heavy (non-hydrogen) atoms. The molecule has 0 bridgehead atoms. The monoisotopic (exact) mass is 327 g/mol. The van der Waals surface area contributed by atoms with Gasteiger partial charge in [-0.15, -0.1) is 0 Å². The third-order valence-electron chi connectivity index (χ3n) is 2.98. The van der Waals surface area contributed by atoms with Crippen LogP contribution in [-0.2, 0) is 4.79 Å². The summed E-state index contributed by atoms with van der Waals surface area (Å²) >= 11 is 11.7. The topological polar surface area (TPSA) is 29.5 Å². The second-order valence-corrected chi connectivity index (χ2v) is 5.09. The number of rotatable bonds is 3. The highest BCUT2D eigenvalue weighted by Crippen LogP contribution is 2.35. The van der Waals surface area contributed by atoms with Crippen LogP contribution in [0.5, 0.6) is 5.75 Å². The fourth-order valence-electron chi connectivity index (χ4n) is 1.86. The first-order chi connectivity index (χ1) is 9.30. The average Bonchev–Trinajstić information content (AvgIpc) is 2.24. The van der Waals surface area contributed by atoms with E-state index < -0.39 is 24.7 Å². The minimum absolute atomic E-state index is 0.0720. The van der Waals surface area contributed by atoms with Crippen molar-refractivity contribution in [2.75, 3.05) is 13.2 Å². The smallest absolute Gasteiger partial charge is 0.408 e. The number of likely N-dealkylation sites (tertiary alicyclic amines) is 1. The Labute approximate surface area is 123 Å². The zero-order chi connectivity index (χ0) is 14.9. The Morgan fingerprint density at radius 1 is 1.35 bits per heavy atom. The number of hydrogen-bond acceptors (Lipinski definition) is 2. The van der Waals surface area contributed by atoms with Crippen LogP contribution in [0.1, 0.15) is 6.42 Å². The van der Waals surface area contributed by atoms with Crippen molar-refractivity contribution in [3.05, 3.63) is 28.2 Å². The van der Waals surface area contributed by atoms with Gasteiger partial charge < -0.3 is 9.64 Å². The van der Waals surface area contributed by atoms with Crippen LogP contribution in [-0.4, -0.2) is 36.2 Å². The van der Waals surface area contributed by atoms with Crippen molar-refractivity contribution >= 4 is 29.1 Å². The van der Waals surface area contributed by atoms with Gasteiger partial charge in [-0.05, 0) is 18.6 Å². The number of carbonyl (C=O) groups excluding carboxylic acids is 1. The first-order valence-corrected chi connectivity index (χ1v) is 6.49. The van der Waals surface area contributed by atoms with E-state index in [1.54, 1.807) is 6.07 Å². The Kier molecular flexibility index (Phi) is 4.34. The molecule has 1 fully saturated rings. The van der Waals surface area contributed by atoms with E-state index in [0.29, 0.717) is 0 Å². The fraction of sp³-hybridized carbons (Fsp3) is 0.417. The Hall–Kier alpha value is -1.14. The van der Waals surface area contributed by atoms with Gasteiger partial charge in [-0.2, -0.15) is 13.2 Å². The summed E-state index contributed by atoms with van der Waals surface area (Å²) in [5, 5.41) is 0.391. The lowest BCUT2D eigenvalue weighted by Gasteiger charge is -2.41. The van der Waals surface area contributed by atoms with E-state index in [0.717, 1.165) is 4.90 Å². The lowest BCUT2D eigenvalue weighted by atomic mass is 10.0. The van der Waals surface area contributed by atoms with Crippen LogP contribution in [0.3, 0.4) is 0 Å². The largest absolute Gasteiger partial charge is 0.481 e. The van der Waals surface area contributed by atoms with E-state index in [4.69, 9.17) is 27.9 Å². The molecule has 1 amide bonds. The molecule has 0 spiro atoms. The minimum atomic E-state index is -4.41. The van der Waals surface area contributed by atoms with Gasteiger partial charge in [0.25, 0.3) is 5.91 Å². The molecule has 1 saturated heterocycles. The number of alkyl halides is 3. The van der Waals surface area contributed by atoms with Gasteiger partial charge in [0, 0.05) is 6.54 Å². The standard InChI is InChI=1S/C12H10Cl2F3NO2/c13-7-2-1-3-8(14)11(7)20-6-10(19)18-5-4-9(18)12(15,16)17/h1-3,9H,4-6H2. The molecule has 0 aliphatic carbocycles. The van der Waals surface area contributed by atoms with E-state index in [9.17, 15) is 18.0 Å². The molecule has 0 aromatic heterocycles. The van der Waals surface area contributed by atoms with Crippen LogP contribution < -0.4 is 4.74 Å². The van der Waals surface area contributed by atoms with Crippen LogP contribution >= 0.6 is 23.2 Å². The van der Waals surface area contributed by atoms with Crippen molar-refractivity contribution in [2.24, 2.45) is 0 Å². The predicted molar refractivity (Wildman–Crippen MR) is 68.1 cm³/mol. The van der Waals surface area contributed by atoms with Crippen molar-refractivity contribution < 1.29 is 22.7 Å². The molecule has 110 valence electrons. The summed E-state index contributed by atoms with van der Waals surface area (Å²) in [6.07, 6.45) is -4.49. The van der Waals surface area contributed by atoms with Crippen LogP contribution in [0.15, 0.2) is 18.2 Å². The average molecular weight is 328 g/mol. The highest BCUT2D eigenvalue weighted by molar-refractivity contribution is 6.37. The lowest BCUT2D eigenvalue weighted by Crippen LogP contribution is -2.59. The summed E-state index contributed by atoms with van der Waals surface area (Å²) in [5.41, 5.74) is 0. The zero-order valence-electron chi connectivity index (χ0n) is 10.1. The van der Waals surface area contributed by atoms with Gasteiger partial charge in [-0.1, -0.05) is 29.3 Å². The van der Waals surface area contributed by atoms with Crippen molar-refractivity contribution in [3.63, 3.8) is 0 Å². The molecular formula is C12H10Cl2F3NO2. The van der Waals surface area contributed by atoms with Gasteiger partial charge in [-0.25, -0.2) is 0 Å². The first kappa shape index (κ1) is 15.3. The van der Waals surface area contributed by atoms with Gasteiger partial charge in [0.1, 0.15) is 6.04 Å². The van der Waals surface area contributed by atoms with Crippen LogP contribution in [0.2, 0.25) is 10.0 Å². The molecule has 3 nitrogen and oxygen atoms in total. The Morgan fingerprint density at radius 2 is 1.95 bits per heavy atom. The zero-order valence-corrected chi connectivity index (χ0v) is 11.6. The number of hydrogen-bond donors (Lipinski definition) is 0. The molecule has 0 radical (unpaired) electrons. The number of para-hydroxylation sites is 1. The highest BCUT2D eigenvalue weighted by atomic mass is 35.5. The first-order valence-electron chi connectivity index (χ1n) is 5.73. The maximum absolute atomic E-state index is 12.5. The van der Waals surface area contributed by atoms with Gasteiger partial charge in [0.2, 0.25) is 0 Å². The van der Waals surface area contributed by atoms with Gasteiger partial charge in [0.05, 0.1) is 10.0 Å². The van der Waals surface area contributed by atoms with E-state index in [1.165, 1.54) is 12.1 Å². The lowest BCUT2D eigenvalue weighted by molar-refractivity contribution is -0.213. The molecular weight excluding hydrogens is 318 g/mol. The number of carbonyl (C=O) groups is 1. The maximum Gasteiger partial charge on any atom is 0.408 e. The fourth-order valence-corrected chi connectivity index (χ4v) is 2.37. The molecule has 0 saturated carbocycles. The molecule has 2 rings (SSSR count). The van der Waals surface area contributed by atoms with Crippen molar-refractivity contribution in [3.8, 4) is 5.75 Å². The van der Waals surface area contributed by atoms with Crippen LogP contribution in [0.4, 0.5) is 13.2 Å². The summed E-state index contributed by atoms with van der Waals surface area (Å²) in [6.45, 7) is -0.460. The number of amides is 1. The molecule has 1 aliphatic rings. The number of benzene rings is 1. The van der Waals surface area contributed by atoms with Crippen molar-refractivity contribution in [1.82, 2.24) is 4.90 Å². The number of halogens is 5. The molecule has 1 aromatic carbocycles. The Bertz CT molecular complexity index is 502. The SMILES string of the molecule is O=C(COc1c(Cl)cccc1Cl)N1CCC1C(F)(F)F. The van der Waals surface area contributed by atoms with E-state index >= 15 is 0 Å². The third kappa shape index (κ3) is 3.12. The molecule has 8 heteroatoms. The van der Waals surface area contributed by atoms with Crippen molar-refractivity contribution in [1.29, 1.82) is 0 Å². The highest BCUT2D eigenvalue weighted by Gasteiger charge is 2.50. The number of ether oxygens (including phenoxy) is 1. The second-order valence-electron chi connectivity index (χ2n) is 4.27. The molecule has 1 atom stereocenters. The minimum Gasteiger partial charge on any atom is -0.481 e. The third-order valence-corrected chi connectivity index (χ3v) is 3.57.